The van der Waals surface area contributed by atoms with E-state index in [1.54, 1.807) is 71.8 Å². The second-order valence-electron chi connectivity index (χ2n) is 11.8. The molecule has 3 aromatic carbocycles. The Morgan fingerprint density at radius 3 is 2.55 bits per heavy atom. The molecule has 0 radical (unpaired) electrons. The maximum absolute atomic E-state index is 13.8. The third-order valence-electron chi connectivity index (χ3n) is 8.05. The van der Waals surface area contributed by atoms with Crippen LogP contribution in [-0.2, 0) is 16.6 Å². The van der Waals surface area contributed by atoms with Crippen molar-refractivity contribution in [3.05, 3.63) is 101 Å². The minimum atomic E-state index is -3.82. The first-order valence-corrected chi connectivity index (χ1v) is 17.5. The zero-order chi connectivity index (χ0) is 33.7. The average Bonchev–Trinajstić information content (AvgIpc) is 3.61. The lowest BCUT2D eigenvalue weighted by Gasteiger charge is -2.38. The van der Waals surface area contributed by atoms with Crippen LogP contribution in [0.1, 0.15) is 40.1 Å². The number of aliphatic hydroxyl groups is 1. The van der Waals surface area contributed by atoms with Crippen molar-refractivity contribution in [3.63, 3.8) is 0 Å². The van der Waals surface area contributed by atoms with Gasteiger partial charge < -0.3 is 25.8 Å². The number of nitrogens with two attached hydrogens (primary N) is 1. The molecule has 5 rings (SSSR count). The summed E-state index contributed by atoms with van der Waals surface area (Å²) < 4.78 is 34.9. The van der Waals surface area contributed by atoms with Crippen LogP contribution in [-0.4, -0.2) is 74.0 Å². The highest BCUT2D eigenvalue weighted by Gasteiger charge is 2.34. The van der Waals surface area contributed by atoms with Crippen LogP contribution in [0.15, 0.2) is 88.5 Å². The third kappa shape index (κ3) is 8.11. The predicted molar refractivity (Wildman–Crippen MR) is 184 cm³/mol. The van der Waals surface area contributed by atoms with Crippen LogP contribution in [0.5, 0.6) is 5.75 Å². The summed E-state index contributed by atoms with van der Waals surface area (Å²) in [5.74, 6) is -0.367. The van der Waals surface area contributed by atoms with Gasteiger partial charge in [-0.15, -0.1) is 11.3 Å². The van der Waals surface area contributed by atoms with Gasteiger partial charge in [0.1, 0.15) is 16.1 Å². The highest BCUT2D eigenvalue weighted by Crippen LogP contribution is 2.32. The maximum atomic E-state index is 13.8. The Kier molecular flexibility index (Phi) is 10.5. The summed E-state index contributed by atoms with van der Waals surface area (Å²) in [5.41, 5.74) is 8.95. The van der Waals surface area contributed by atoms with Gasteiger partial charge in [-0.2, -0.15) is 0 Å². The number of sulfonamides is 1. The number of amides is 2. The van der Waals surface area contributed by atoms with Crippen molar-refractivity contribution in [2.24, 2.45) is 5.92 Å². The van der Waals surface area contributed by atoms with Crippen molar-refractivity contribution in [2.75, 3.05) is 42.5 Å². The van der Waals surface area contributed by atoms with Gasteiger partial charge in [-0.25, -0.2) is 8.42 Å². The van der Waals surface area contributed by atoms with Crippen LogP contribution in [0.3, 0.4) is 0 Å². The summed E-state index contributed by atoms with van der Waals surface area (Å²) in [6, 6.07) is 21.8. The molecule has 0 saturated carbocycles. The fraction of sp³-hybridized carbons (Fsp3) is 0.294. The van der Waals surface area contributed by atoms with E-state index in [1.165, 1.54) is 12.1 Å². The normalized spacial score (nSPS) is 17.3. The fourth-order valence-corrected chi connectivity index (χ4v) is 7.42. The number of nitrogen functional groups attached to an aromatic ring is 1. The highest BCUT2D eigenvalue weighted by molar-refractivity contribution is 7.94. The molecule has 1 aliphatic rings. The monoisotopic (exact) mass is 677 g/mol. The molecule has 2 amide bonds. The van der Waals surface area contributed by atoms with Gasteiger partial charge in [0, 0.05) is 36.8 Å². The van der Waals surface area contributed by atoms with E-state index in [1.807, 2.05) is 26.1 Å². The van der Waals surface area contributed by atoms with E-state index in [0.29, 0.717) is 42.3 Å². The molecule has 0 spiro atoms. The number of carbonyl (C=O) groups excluding carboxylic acids is 2. The number of thiophene rings is 1. The molecular weight excluding hydrogens is 639 g/mol. The van der Waals surface area contributed by atoms with E-state index in [-0.39, 0.29) is 45.9 Å². The summed E-state index contributed by atoms with van der Waals surface area (Å²) in [6.07, 6.45) is -0.338. The Morgan fingerprint density at radius 2 is 1.87 bits per heavy atom. The molecule has 2 heterocycles. The molecule has 3 atom stereocenters. The molecule has 0 unspecified atom stereocenters. The number of nitrogens with one attached hydrogen (secondary N) is 2. The molecule has 0 aliphatic carbocycles. The fourth-order valence-electron chi connectivity index (χ4n) is 5.38. The molecular formula is C34H39N5O6S2. The average molecular weight is 678 g/mol. The van der Waals surface area contributed by atoms with E-state index in [2.05, 4.69) is 14.9 Å². The molecule has 11 nitrogen and oxygen atoms in total. The number of ether oxygens (including phenoxy) is 1. The van der Waals surface area contributed by atoms with Gasteiger partial charge in [0.2, 0.25) is 0 Å². The van der Waals surface area contributed by atoms with Crippen molar-refractivity contribution in [1.29, 1.82) is 0 Å². The van der Waals surface area contributed by atoms with Gasteiger partial charge in [-0.1, -0.05) is 37.3 Å². The summed E-state index contributed by atoms with van der Waals surface area (Å²) >= 11 is 1.10. The van der Waals surface area contributed by atoms with E-state index in [0.717, 1.165) is 16.9 Å². The largest absolute Gasteiger partial charge is 0.488 e. The van der Waals surface area contributed by atoms with Crippen LogP contribution >= 0.6 is 11.3 Å². The minimum Gasteiger partial charge on any atom is -0.488 e. The number of nitrogens with zero attached hydrogens (tertiary/aromatic N) is 2. The third-order valence-corrected chi connectivity index (χ3v) is 10.8. The maximum Gasteiger partial charge on any atom is 0.271 e. The molecule has 0 fully saturated rings. The van der Waals surface area contributed by atoms with Gasteiger partial charge in [0.05, 0.1) is 29.6 Å². The Hall–Kier alpha value is -4.43. The van der Waals surface area contributed by atoms with Crippen molar-refractivity contribution in [3.8, 4) is 5.75 Å². The number of aliphatic hydroxyl groups excluding tert-OH is 1. The Balaban J connectivity index is 1.31. The van der Waals surface area contributed by atoms with Crippen molar-refractivity contribution < 1.29 is 27.9 Å². The summed E-state index contributed by atoms with van der Waals surface area (Å²) in [4.78, 5) is 30.2. The minimum absolute atomic E-state index is 0.1000. The number of carbonyl (C=O) groups is 2. The van der Waals surface area contributed by atoms with Gasteiger partial charge >= 0.3 is 0 Å². The van der Waals surface area contributed by atoms with Crippen molar-refractivity contribution >= 4 is 50.2 Å². The Morgan fingerprint density at radius 1 is 1.13 bits per heavy atom. The predicted octanol–water partition coefficient (Wildman–Crippen LogP) is 4.74. The Labute approximate surface area is 279 Å². The highest BCUT2D eigenvalue weighted by atomic mass is 32.2. The summed E-state index contributed by atoms with van der Waals surface area (Å²) in [5, 5.41) is 14.5. The quantitative estimate of drug-likeness (QED) is 0.166. The smallest absolute Gasteiger partial charge is 0.271 e. The molecule has 5 N–H and O–H groups in total. The lowest BCUT2D eigenvalue weighted by molar-refractivity contribution is 0.0341. The van der Waals surface area contributed by atoms with Crippen molar-refractivity contribution in [1.82, 2.24) is 9.80 Å². The first-order valence-electron chi connectivity index (χ1n) is 15.2. The number of para-hydroxylation sites is 2. The van der Waals surface area contributed by atoms with Gasteiger partial charge in [0.25, 0.3) is 21.8 Å². The molecule has 0 bridgehead atoms. The van der Waals surface area contributed by atoms with Crippen LogP contribution < -0.4 is 20.5 Å². The van der Waals surface area contributed by atoms with E-state index >= 15 is 0 Å². The zero-order valence-corrected chi connectivity index (χ0v) is 28.1. The van der Waals surface area contributed by atoms with E-state index in [4.69, 9.17) is 10.5 Å². The van der Waals surface area contributed by atoms with Crippen LogP contribution in [0.25, 0.3) is 0 Å². The molecule has 1 aliphatic heterocycles. The van der Waals surface area contributed by atoms with Gasteiger partial charge in [0.15, 0.2) is 0 Å². The number of anilines is 3. The van der Waals surface area contributed by atoms with Crippen LogP contribution in [0.4, 0.5) is 17.1 Å². The van der Waals surface area contributed by atoms with Gasteiger partial charge in [-0.3, -0.25) is 19.2 Å². The molecule has 248 valence electrons. The lowest BCUT2D eigenvalue weighted by Crippen LogP contribution is -2.49. The molecule has 0 saturated heterocycles. The SMILES string of the molecule is C[C@@H]1CN([C@H](C)CO)C(=O)c2cc(NS(=O)(=O)c3cccs3)ccc2O[C@@H]1CN(C)Cc1ccc(C(=O)Nc2ccccc2N)cc1. The number of hydrogen-bond acceptors (Lipinski definition) is 9. The van der Waals surface area contributed by atoms with E-state index in [9.17, 15) is 23.1 Å². The molecule has 4 aromatic rings. The lowest BCUT2D eigenvalue weighted by atomic mass is 9.99. The topological polar surface area (TPSA) is 154 Å². The number of rotatable bonds is 11. The number of hydrogen-bond donors (Lipinski definition) is 4. The van der Waals surface area contributed by atoms with Gasteiger partial charge in [-0.05, 0) is 73.4 Å². The van der Waals surface area contributed by atoms with Crippen LogP contribution in [0, 0.1) is 5.92 Å². The second-order valence-corrected chi connectivity index (χ2v) is 14.7. The summed E-state index contributed by atoms with van der Waals surface area (Å²) in [7, 11) is -1.86. The summed E-state index contributed by atoms with van der Waals surface area (Å²) in [6.45, 7) is 4.97. The van der Waals surface area contributed by atoms with Crippen molar-refractivity contribution in [2.45, 2.75) is 36.7 Å². The molecule has 13 heteroatoms. The Bertz CT molecular complexity index is 1810. The number of fused-ring (bicyclic) bond motifs is 1. The van der Waals surface area contributed by atoms with Crippen LogP contribution in [0.2, 0.25) is 0 Å². The standard InChI is InChI=1S/C34H39N5O6S2/c1-22-18-39(23(2)21-40)34(42)27-17-26(37-47(43,44)32-9-6-16-46-32)14-15-30(27)45-31(22)20-38(3)19-24-10-12-25(13-11-24)33(41)36-29-8-5-4-7-28(29)35/h4-17,22-23,31,37,40H,18-21,35H2,1-3H3,(H,36,41)/t22-,23-,31-/m1/s1. The first-order chi connectivity index (χ1) is 22.4. The molecule has 47 heavy (non-hydrogen) atoms. The number of benzene rings is 3. The molecule has 1 aromatic heterocycles. The first kappa shape index (κ1) is 33.9. The second kappa shape index (κ2) is 14.6. The zero-order valence-electron chi connectivity index (χ0n) is 26.4. The number of likely N-dealkylation sites (N-methyl/N-ethyl adjacent to an activating group) is 1. The van der Waals surface area contributed by atoms with E-state index < -0.39 is 16.1 Å².